The number of thioether (sulfide) groups is 1. The number of carbonyl (C=O) groups is 1. The van der Waals surface area contributed by atoms with E-state index < -0.39 is 0 Å². The Labute approximate surface area is 101 Å². The van der Waals surface area contributed by atoms with Gasteiger partial charge in [-0.2, -0.15) is 5.10 Å². The van der Waals surface area contributed by atoms with Crippen LogP contribution in [0.5, 0.6) is 0 Å². The molecule has 0 fully saturated rings. The summed E-state index contributed by atoms with van der Waals surface area (Å²) in [7, 11) is 0. The SMILES string of the molecule is CCCn1cc(C#CCCSC(C)=O)cn1. The molecule has 0 aromatic carbocycles. The molecular weight excluding hydrogens is 220 g/mol. The van der Waals surface area contributed by atoms with Crippen molar-refractivity contribution in [2.45, 2.75) is 33.2 Å². The normalized spacial score (nSPS) is 9.62. The largest absolute Gasteiger partial charge is 0.288 e. The van der Waals surface area contributed by atoms with Gasteiger partial charge in [0.1, 0.15) is 0 Å². The summed E-state index contributed by atoms with van der Waals surface area (Å²) >= 11 is 1.32. The van der Waals surface area contributed by atoms with E-state index in [4.69, 9.17) is 0 Å². The molecule has 0 unspecified atom stereocenters. The summed E-state index contributed by atoms with van der Waals surface area (Å²) in [6.45, 7) is 4.63. The second kappa shape index (κ2) is 7.13. The minimum absolute atomic E-state index is 0.151. The third-order valence-corrected chi connectivity index (χ3v) is 2.67. The van der Waals surface area contributed by atoms with E-state index in [1.54, 1.807) is 13.1 Å². The van der Waals surface area contributed by atoms with Gasteiger partial charge in [-0.3, -0.25) is 9.48 Å². The number of aromatic nitrogens is 2. The van der Waals surface area contributed by atoms with Gasteiger partial charge in [-0.1, -0.05) is 30.5 Å². The predicted molar refractivity (Wildman–Crippen MR) is 67.2 cm³/mol. The molecular formula is C12H16N2OS. The molecule has 1 heterocycles. The lowest BCUT2D eigenvalue weighted by atomic mass is 10.3. The number of nitrogens with zero attached hydrogens (tertiary/aromatic N) is 2. The molecule has 16 heavy (non-hydrogen) atoms. The quantitative estimate of drug-likeness (QED) is 0.594. The van der Waals surface area contributed by atoms with E-state index in [9.17, 15) is 4.79 Å². The lowest BCUT2D eigenvalue weighted by molar-refractivity contribution is -0.109. The van der Waals surface area contributed by atoms with Crippen molar-refractivity contribution < 1.29 is 4.79 Å². The van der Waals surface area contributed by atoms with Gasteiger partial charge in [0.2, 0.25) is 0 Å². The van der Waals surface area contributed by atoms with E-state index >= 15 is 0 Å². The van der Waals surface area contributed by atoms with Crippen LogP contribution in [0.2, 0.25) is 0 Å². The van der Waals surface area contributed by atoms with Crippen LogP contribution in [0.3, 0.4) is 0 Å². The van der Waals surface area contributed by atoms with Crippen LogP contribution in [0.25, 0.3) is 0 Å². The minimum atomic E-state index is 0.151. The molecule has 4 heteroatoms. The molecule has 0 saturated heterocycles. The molecule has 0 radical (unpaired) electrons. The van der Waals surface area contributed by atoms with E-state index in [1.165, 1.54) is 11.8 Å². The topological polar surface area (TPSA) is 34.9 Å². The Morgan fingerprint density at radius 1 is 1.62 bits per heavy atom. The molecule has 86 valence electrons. The lowest BCUT2D eigenvalue weighted by Gasteiger charge is -1.93. The molecule has 0 bridgehead atoms. The average molecular weight is 236 g/mol. The van der Waals surface area contributed by atoms with Gasteiger partial charge in [-0.05, 0) is 6.42 Å². The monoisotopic (exact) mass is 236 g/mol. The summed E-state index contributed by atoms with van der Waals surface area (Å²) in [4.78, 5) is 10.7. The summed E-state index contributed by atoms with van der Waals surface area (Å²) in [5.41, 5.74) is 0.946. The number of hydrogen-bond donors (Lipinski definition) is 0. The maximum Gasteiger partial charge on any atom is 0.185 e. The van der Waals surface area contributed by atoms with Gasteiger partial charge in [0.25, 0.3) is 0 Å². The first kappa shape index (κ1) is 12.9. The Kier molecular flexibility index (Phi) is 5.73. The summed E-state index contributed by atoms with van der Waals surface area (Å²) in [5, 5.41) is 4.34. The van der Waals surface area contributed by atoms with Crippen molar-refractivity contribution in [1.82, 2.24) is 9.78 Å². The summed E-state index contributed by atoms with van der Waals surface area (Å²) in [6, 6.07) is 0. The fourth-order valence-corrected chi connectivity index (χ4v) is 1.68. The van der Waals surface area contributed by atoms with Crippen LogP contribution in [-0.2, 0) is 11.3 Å². The van der Waals surface area contributed by atoms with E-state index in [1.807, 2.05) is 10.9 Å². The van der Waals surface area contributed by atoms with Crippen LogP contribution in [-0.4, -0.2) is 20.6 Å². The zero-order valence-electron chi connectivity index (χ0n) is 9.69. The molecule has 0 aliphatic rings. The Morgan fingerprint density at radius 3 is 3.12 bits per heavy atom. The highest BCUT2D eigenvalue weighted by Crippen LogP contribution is 2.02. The molecule has 0 amide bonds. The molecule has 1 rings (SSSR count). The second-order valence-corrected chi connectivity index (χ2v) is 4.66. The van der Waals surface area contributed by atoms with Gasteiger partial charge in [0, 0.05) is 31.8 Å². The third-order valence-electron chi connectivity index (χ3n) is 1.85. The second-order valence-electron chi connectivity index (χ2n) is 3.38. The maximum atomic E-state index is 10.7. The van der Waals surface area contributed by atoms with Crippen LogP contribution in [0.1, 0.15) is 32.3 Å². The van der Waals surface area contributed by atoms with Gasteiger partial charge in [-0.25, -0.2) is 0 Å². The molecule has 0 saturated carbocycles. The first-order chi connectivity index (χ1) is 7.72. The Bertz CT molecular complexity index is 401. The highest BCUT2D eigenvalue weighted by Gasteiger charge is 1.94. The van der Waals surface area contributed by atoms with E-state index in [-0.39, 0.29) is 5.12 Å². The maximum absolute atomic E-state index is 10.7. The molecule has 0 aliphatic heterocycles. The lowest BCUT2D eigenvalue weighted by Crippen LogP contribution is -1.95. The van der Waals surface area contributed by atoms with E-state index in [2.05, 4.69) is 23.9 Å². The van der Waals surface area contributed by atoms with Gasteiger partial charge in [0.05, 0.1) is 11.8 Å². The standard InChI is InChI=1S/C12H16N2OS/c1-3-7-14-10-12(9-13-14)6-4-5-8-16-11(2)15/h9-10H,3,5,7-8H2,1-2H3. The van der Waals surface area contributed by atoms with E-state index in [0.717, 1.165) is 30.7 Å². The highest BCUT2D eigenvalue weighted by molar-refractivity contribution is 8.13. The Hall–Kier alpha value is -1.21. The van der Waals surface area contributed by atoms with Gasteiger partial charge in [0.15, 0.2) is 5.12 Å². The summed E-state index contributed by atoms with van der Waals surface area (Å²) in [5.74, 6) is 6.84. The van der Waals surface area contributed by atoms with Crippen molar-refractivity contribution in [3.05, 3.63) is 18.0 Å². The van der Waals surface area contributed by atoms with E-state index in [0.29, 0.717) is 0 Å². The Morgan fingerprint density at radius 2 is 2.44 bits per heavy atom. The zero-order valence-corrected chi connectivity index (χ0v) is 10.5. The summed E-state index contributed by atoms with van der Waals surface area (Å²) < 4.78 is 1.90. The minimum Gasteiger partial charge on any atom is -0.288 e. The first-order valence-corrected chi connectivity index (χ1v) is 6.35. The van der Waals surface area contributed by atoms with Crippen molar-refractivity contribution >= 4 is 16.9 Å². The summed E-state index contributed by atoms with van der Waals surface area (Å²) in [6.07, 6.45) is 5.54. The zero-order chi connectivity index (χ0) is 11.8. The van der Waals surface area contributed by atoms with Crippen LogP contribution < -0.4 is 0 Å². The number of rotatable bonds is 4. The number of aryl methyl sites for hydroxylation is 1. The van der Waals surface area contributed by atoms with Crippen LogP contribution in [0.15, 0.2) is 12.4 Å². The molecule has 1 aromatic heterocycles. The average Bonchev–Trinajstić information content (AvgIpc) is 2.65. The fraction of sp³-hybridized carbons (Fsp3) is 0.500. The third kappa shape index (κ3) is 5.04. The van der Waals surface area contributed by atoms with Gasteiger partial charge < -0.3 is 0 Å². The number of carbonyl (C=O) groups excluding carboxylic acids is 1. The van der Waals surface area contributed by atoms with Gasteiger partial charge >= 0.3 is 0 Å². The molecule has 0 aliphatic carbocycles. The van der Waals surface area contributed by atoms with Crippen LogP contribution in [0.4, 0.5) is 0 Å². The van der Waals surface area contributed by atoms with Crippen LogP contribution in [0, 0.1) is 11.8 Å². The fourth-order valence-electron chi connectivity index (χ4n) is 1.19. The molecule has 0 spiro atoms. The predicted octanol–water partition coefficient (Wildman–Crippen LogP) is 2.31. The van der Waals surface area contributed by atoms with Crippen molar-refractivity contribution in [1.29, 1.82) is 0 Å². The molecule has 0 N–H and O–H groups in total. The van der Waals surface area contributed by atoms with Crippen LogP contribution >= 0.6 is 11.8 Å². The molecule has 1 aromatic rings. The Balaban J connectivity index is 2.35. The smallest absolute Gasteiger partial charge is 0.185 e. The molecule has 0 atom stereocenters. The highest BCUT2D eigenvalue weighted by atomic mass is 32.2. The molecule has 3 nitrogen and oxygen atoms in total. The van der Waals surface area contributed by atoms with Crippen molar-refractivity contribution in [2.75, 3.05) is 5.75 Å². The van der Waals surface area contributed by atoms with Crippen molar-refractivity contribution in [2.24, 2.45) is 0 Å². The number of hydrogen-bond acceptors (Lipinski definition) is 3. The first-order valence-electron chi connectivity index (χ1n) is 5.37. The van der Waals surface area contributed by atoms with Crippen molar-refractivity contribution in [3.8, 4) is 11.8 Å². The van der Waals surface area contributed by atoms with Gasteiger partial charge in [-0.15, -0.1) is 0 Å². The van der Waals surface area contributed by atoms with Crippen molar-refractivity contribution in [3.63, 3.8) is 0 Å².